The first-order valence-corrected chi connectivity index (χ1v) is 4.75. The zero-order valence-corrected chi connectivity index (χ0v) is 8.78. The Kier molecular flexibility index (Phi) is 2.50. The van der Waals surface area contributed by atoms with Crippen LogP contribution in [0.15, 0.2) is 12.1 Å². The van der Waals surface area contributed by atoms with Crippen LogP contribution in [0.25, 0.3) is 11.0 Å². The van der Waals surface area contributed by atoms with Gasteiger partial charge in [-0.2, -0.15) is 0 Å². The number of fused-ring (bicyclic) bond motifs is 1. The highest BCUT2D eigenvalue weighted by Crippen LogP contribution is 2.28. The molecule has 1 aromatic heterocycles. The van der Waals surface area contributed by atoms with E-state index < -0.39 is 4.92 Å². The van der Waals surface area contributed by atoms with E-state index in [0.29, 0.717) is 17.8 Å². The minimum absolute atomic E-state index is 0.123. The fourth-order valence-corrected chi connectivity index (χ4v) is 1.65. The Bertz CT molecular complexity index is 612. The molecular weight excluding hydrogens is 230 g/mol. The summed E-state index contributed by atoms with van der Waals surface area (Å²) < 4.78 is 0. The number of non-ortho nitro benzene ring substituents is 1. The smallest absolute Gasteiger partial charge is 0.298 e. The van der Waals surface area contributed by atoms with E-state index in [4.69, 9.17) is 18.0 Å². The van der Waals surface area contributed by atoms with Gasteiger partial charge in [-0.3, -0.25) is 10.1 Å². The van der Waals surface area contributed by atoms with Crippen molar-refractivity contribution < 1.29 is 4.92 Å². The predicted molar refractivity (Wildman–Crippen MR) is 60.3 cm³/mol. The number of hydrogen-bond acceptors (Lipinski definition) is 3. The summed E-state index contributed by atoms with van der Waals surface area (Å²) in [6.45, 7) is 0. The average molecular weight is 236 g/mol. The van der Waals surface area contributed by atoms with E-state index in [1.807, 2.05) is 0 Å². The normalized spacial score (nSPS) is 10.2. The van der Waals surface area contributed by atoms with E-state index in [-0.39, 0.29) is 16.2 Å². The van der Waals surface area contributed by atoms with Gasteiger partial charge in [-0.15, -0.1) is 6.42 Å². The molecule has 0 aliphatic heterocycles. The van der Waals surface area contributed by atoms with Crippen LogP contribution in [0.5, 0.6) is 0 Å². The Hall–Kier alpha value is -2.06. The molecular formula is C10H6ClN3O2. The first kappa shape index (κ1) is 10.5. The lowest BCUT2D eigenvalue weighted by Gasteiger charge is -1.93. The van der Waals surface area contributed by atoms with Crippen LogP contribution in [0.1, 0.15) is 5.82 Å². The van der Waals surface area contributed by atoms with Crippen LogP contribution in [0, 0.1) is 22.5 Å². The molecule has 2 rings (SSSR count). The van der Waals surface area contributed by atoms with Gasteiger partial charge in [0, 0.05) is 11.1 Å². The minimum Gasteiger partial charge on any atom is -0.341 e. The van der Waals surface area contributed by atoms with E-state index in [2.05, 4.69) is 15.9 Å². The Morgan fingerprint density at radius 2 is 2.38 bits per heavy atom. The molecule has 16 heavy (non-hydrogen) atoms. The van der Waals surface area contributed by atoms with Gasteiger partial charge >= 0.3 is 0 Å². The summed E-state index contributed by atoms with van der Waals surface area (Å²) in [5.74, 6) is 2.93. The number of imidazole rings is 1. The Morgan fingerprint density at radius 1 is 1.62 bits per heavy atom. The van der Waals surface area contributed by atoms with Crippen molar-refractivity contribution in [3.63, 3.8) is 0 Å². The van der Waals surface area contributed by atoms with Crippen LogP contribution in [0.4, 0.5) is 5.69 Å². The highest BCUT2D eigenvalue weighted by atomic mass is 35.5. The molecule has 0 aliphatic rings. The molecule has 0 bridgehead atoms. The number of nitrogens with one attached hydrogen (secondary N) is 1. The van der Waals surface area contributed by atoms with Gasteiger partial charge < -0.3 is 4.98 Å². The fraction of sp³-hybridized carbons (Fsp3) is 0.100. The number of nitrogens with zero attached hydrogens (tertiary/aromatic N) is 2. The molecule has 0 saturated heterocycles. The number of aromatic nitrogens is 2. The van der Waals surface area contributed by atoms with E-state index in [0.717, 1.165) is 0 Å². The van der Waals surface area contributed by atoms with Crippen molar-refractivity contribution in [3.8, 4) is 12.3 Å². The predicted octanol–water partition coefficient (Wildman–Crippen LogP) is 2.30. The summed E-state index contributed by atoms with van der Waals surface area (Å²) in [4.78, 5) is 17.2. The van der Waals surface area contributed by atoms with E-state index in [1.54, 1.807) is 6.07 Å². The number of rotatable bonds is 2. The molecule has 2 aromatic rings. The summed E-state index contributed by atoms with van der Waals surface area (Å²) in [6.07, 6.45) is 5.44. The third-order valence-electron chi connectivity index (χ3n) is 2.05. The molecule has 0 saturated carbocycles. The molecule has 0 radical (unpaired) electrons. The zero-order chi connectivity index (χ0) is 11.7. The molecule has 0 aliphatic carbocycles. The molecule has 0 atom stereocenters. The number of benzene rings is 1. The quantitative estimate of drug-likeness (QED) is 0.493. The molecule has 0 amide bonds. The summed E-state index contributed by atoms with van der Waals surface area (Å²) >= 11 is 5.76. The monoisotopic (exact) mass is 235 g/mol. The number of nitro groups is 1. The molecule has 80 valence electrons. The lowest BCUT2D eigenvalue weighted by molar-refractivity contribution is -0.383. The minimum atomic E-state index is -0.519. The molecule has 1 heterocycles. The lowest BCUT2D eigenvalue weighted by atomic mass is 10.3. The maximum atomic E-state index is 10.8. The second kappa shape index (κ2) is 3.83. The maximum Gasteiger partial charge on any atom is 0.298 e. The highest BCUT2D eigenvalue weighted by Gasteiger charge is 2.17. The summed E-state index contributed by atoms with van der Waals surface area (Å²) in [5.41, 5.74) is 0.672. The number of nitro benzene ring substituents is 1. The van der Waals surface area contributed by atoms with Crippen molar-refractivity contribution in [2.45, 2.75) is 6.42 Å². The van der Waals surface area contributed by atoms with Crippen molar-refractivity contribution in [2.75, 3.05) is 0 Å². The Balaban J connectivity index is 2.71. The number of aromatic amines is 1. The molecule has 0 unspecified atom stereocenters. The second-order valence-electron chi connectivity index (χ2n) is 3.14. The number of terminal acetylenes is 1. The molecule has 6 heteroatoms. The first-order valence-electron chi connectivity index (χ1n) is 4.38. The molecule has 5 nitrogen and oxygen atoms in total. The van der Waals surface area contributed by atoms with Gasteiger partial charge in [-0.1, -0.05) is 17.5 Å². The third-order valence-corrected chi connectivity index (χ3v) is 2.26. The average Bonchev–Trinajstić information content (AvgIpc) is 2.59. The van der Waals surface area contributed by atoms with Gasteiger partial charge in [-0.25, -0.2) is 4.98 Å². The highest BCUT2D eigenvalue weighted by molar-refractivity contribution is 6.31. The van der Waals surface area contributed by atoms with Crippen LogP contribution in [0.2, 0.25) is 5.02 Å². The molecule has 1 N–H and O–H groups in total. The lowest BCUT2D eigenvalue weighted by Crippen LogP contribution is -1.89. The van der Waals surface area contributed by atoms with E-state index in [9.17, 15) is 10.1 Å². The summed E-state index contributed by atoms with van der Waals surface area (Å²) in [7, 11) is 0. The van der Waals surface area contributed by atoms with E-state index in [1.165, 1.54) is 6.07 Å². The van der Waals surface area contributed by atoms with Gasteiger partial charge in [0.05, 0.1) is 16.9 Å². The summed E-state index contributed by atoms with van der Waals surface area (Å²) in [5, 5.41) is 11.1. The van der Waals surface area contributed by atoms with Gasteiger partial charge in [-0.05, 0) is 6.07 Å². The van der Waals surface area contributed by atoms with Crippen LogP contribution in [-0.4, -0.2) is 14.9 Å². The number of hydrogen-bond donors (Lipinski definition) is 1. The van der Waals surface area contributed by atoms with Gasteiger partial charge in [0.15, 0.2) is 5.52 Å². The van der Waals surface area contributed by atoms with Crippen LogP contribution >= 0.6 is 11.6 Å². The molecule has 0 fully saturated rings. The first-order chi connectivity index (χ1) is 7.61. The number of halogens is 1. The van der Waals surface area contributed by atoms with Crippen molar-refractivity contribution in [1.29, 1.82) is 0 Å². The fourth-order valence-electron chi connectivity index (χ4n) is 1.44. The van der Waals surface area contributed by atoms with Crippen LogP contribution < -0.4 is 0 Å². The van der Waals surface area contributed by atoms with Crippen molar-refractivity contribution >= 4 is 28.3 Å². The Labute approximate surface area is 95.6 Å². The maximum absolute atomic E-state index is 10.8. The Morgan fingerprint density at radius 3 is 3.00 bits per heavy atom. The third kappa shape index (κ3) is 1.71. The summed E-state index contributed by atoms with van der Waals surface area (Å²) in [6, 6.07) is 2.85. The van der Waals surface area contributed by atoms with Gasteiger partial charge in [0.1, 0.15) is 5.82 Å². The SMILES string of the molecule is C#CCc1nc2c([N+](=O)[O-])cc(Cl)cc2[nH]1. The second-order valence-corrected chi connectivity index (χ2v) is 3.58. The molecule has 1 aromatic carbocycles. The van der Waals surface area contributed by atoms with Crippen molar-refractivity contribution in [1.82, 2.24) is 9.97 Å². The van der Waals surface area contributed by atoms with Crippen molar-refractivity contribution in [3.05, 3.63) is 33.1 Å². The largest absolute Gasteiger partial charge is 0.341 e. The molecule has 0 spiro atoms. The van der Waals surface area contributed by atoms with Gasteiger partial charge in [0.2, 0.25) is 0 Å². The van der Waals surface area contributed by atoms with E-state index >= 15 is 0 Å². The van der Waals surface area contributed by atoms with Crippen molar-refractivity contribution in [2.24, 2.45) is 0 Å². The van der Waals surface area contributed by atoms with Crippen LogP contribution in [-0.2, 0) is 6.42 Å². The zero-order valence-electron chi connectivity index (χ0n) is 8.03. The topological polar surface area (TPSA) is 71.8 Å². The standard InChI is InChI=1S/C10H6ClN3O2/c1-2-3-9-12-7-4-6(11)5-8(14(15)16)10(7)13-9/h1,4-5H,3H2,(H,12,13). The van der Waals surface area contributed by atoms with Gasteiger partial charge in [0.25, 0.3) is 5.69 Å². The van der Waals surface area contributed by atoms with Crippen LogP contribution in [0.3, 0.4) is 0 Å². The number of H-pyrrole nitrogens is 1.